The molecule has 0 radical (unpaired) electrons. The SMILES string of the molecule is NC1CCC(c2cnccn2)C1. The Morgan fingerprint density at radius 2 is 2.25 bits per heavy atom. The zero-order valence-corrected chi connectivity index (χ0v) is 6.98. The summed E-state index contributed by atoms with van der Waals surface area (Å²) in [6.45, 7) is 0. The predicted octanol–water partition coefficient (Wildman–Crippen LogP) is 1.07. The summed E-state index contributed by atoms with van der Waals surface area (Å²) in [5, 5.41) is 0. The van der Waals surface area contributed by atoms with Crippen molar-refractivity contribution < 1.29 is 0 Å². The van der Waals surface area contributed by atoms with E-state index < -0.39 is 0 Å². The van der Waals surface area contributed by atoms with Gasteiger partial charge in [0, 0.05) is 30.6 Å². The Hall–Kier alpha value is -0.960. The van der Waals surface area contributed by atoms with Crippen LogP contribution in [0.1, 0.15) is 30.9 Å². The highest BCUT2D eigenvalue weighted by atomic mass is 14.8. The summed E-state index contributed by atoms with van der Waals surface area (Å²) < 4.78 is 0. The van der Waals surface area contributed by atoms with Gasteiger partial charge in [0.1, 0.15) is 0 Å². The monoisotopic (exact) mass is 163 g/mol. The predicted molar refractivity (Wildman–Crippen MR) is 46.6 cm³/mol. The number of nitrogens with zero attached hydrogens (tertiary/aromatic N) is 2. The zero-order valence-electron chi connectivity index (χ0n) is 6.98. The van der Waals surface area contributed by atoms with Crippen LogP contribution < -0.4 is 5.73 Å². The molecule has 3 heteroatoms. The highest BCUT2D eigenvalue weighted by Gasteiger charge is 2.23. The van der Waals surface area contributed by atoms with Crippen molar-refractivity contribution in [1.82, 2.24) is 9.97 Å². The van der Waals surface area contributed by atoms with Gasteiger partial charge in [-0.25, -0.2) is 0 Å². The minimum Gasteiger partial charge on any atom is -0.328 e. The summed E-state index contributed by atoms with van der Waals surface area (Å²) in [6, 6.07) is 0.372. The number of nitrogens with two attached hydrogens (primary N) is 1. The molecule has 1 aromatic heterocycles. The third-order valence-electron chi connectivity index (χ3n) is 2.47. The van der Waals surface area contributed by atoms with Gasteiger partial charge >= 0.3 is 0 Å². The van der Waals surface area contributed by atoms with Crippen LogP contribution in [-0.2, 0) is 0 Å². The van der Waals surface area contributed by atoms with Crippen LogP contribution in [0.15, 0.2) is 18.6 Å². The van der Waals surface area contributed by atoms with E-state index in [9.17, 15) is 0 Å². The van der Waals surface area contributed by atoms with E-state index in [0.29, 0.717) is 12.0 Å². The molecular formula is C9H13N3. The van der Waals surface area contributed by atoms with E-state index in [4.69, 9.17) is 5.73 Å². The first-order valence-electron chi connectivity index (χ1n) is 4.38. The lowest BCUT2D eigenvalue weighted by atomic mass is 10.0. The molecule has 1 heterocycles. The average molecular weight is 163 g/mol. The van der Waals surface area contributed by atoms with E-state index in [1.165, 1.54) is 6.42 Å². The van der Waals surface area contributed by atoms with Gasteiger partial charge in [0.25, 0.3) is 0 Å². The van der Waals surface area contributed by atoms with Crippen LogP contribution >= 0.6 is 0 Å². The van der Waals surface area contributed by atoms with E-state index in [0.717, 1.165) is 18.5 Å². The molecule has 0 amide bonds. The summed E-state index contributed by atoms with van der Waals surface area (Å²) in [5.41, 5.74) is 6.92. The standard InChI is InChI=1S/C9H13N3/c10-8-2-1-7(5-8)9-6-11-3-4-12-9/h3-4,6-8H,1-2,5,10H2. The van der Waals surface area contributed by atoms with Gasteiger partial charge in [0.15, 0.2) is 0 Å². The van der Waals surface area contributed by atoms with Crippen LogP contribution in [0, 0.1) is 0 Å². The summed E-state index contributed by atoms with van der Waals surface area (Å²) in [4.78, 5) is 8.33. The lowest BCUT2D eigenvalue weighted by Crippen LogP contribution is -2.14. The topological polar surface area (TPSA) is 51.8 Å². The smallest absolute Gasteiger partial charge is 0.0618 e. The van der Waals surface area contributed by atoms with Gasteiger partial charge in [-0.2, -0.15) is 0 Å². The van der Waals surface area contributed by atoms with E-state index in [2.05, 4.69) is 9.97 Å². The number of aromatic nitrogens is 2. The quantitative estimate of drug-likeness (QED) is 0.673. The Labute approximate surface area is 72.0 Å². The van der Waals surface area contributed by atoms with Gasteiger partial charge in [-0.15, -0.1) is 0 Å². The van der Waals surface area contributed by atoms with Gasteiger partial charge in [0.2, 0.25) is 0 Å². The van der Waals surface area contributed by atoms with E-state index >= 15 is 0 Å². The summed E-state index contributed by atoms with van der Waals surface area (Å²) >= 11 is 0. The molecule has 2 atom stereocenters. The molecule has 0 aliphatic heterocycles. The normalized spacial score (nSPS) is 29.1. The molecule has 1 fully saturated rings. The third-order valence-corrected chi connectivity index (χ3v) is 2.47. The number of hydrogen-bond acceptors (Lipinski definition) is 3. The fourth-order valence-corrected chi connectivity index (χ4v) is 1.81. The lowest BCUT2D eigenvalue weighted by Gasteiger charge is -2.06. The lowest BCUT2D eigenvalue weighted by molar-refractivity contribution is 0.659. The summed E-state index contributed by atoms with van der Waals surface area (Å²) in [7, 11) is 0. The zero-order chi connectivity index (χ0) is 8.39. The minimum atomic E-state index is 0.372. The second-order valence-corrected chi connectivity index (χ2v) is 3.40. The number of rotatable bonds is 1. The van der Waals surface area contributed by atoms with Crippen molar-refractivity contribution in [2.45, 2.75) is 31.2 Å². The van der Waals surface area contributed by atoms with Crippen molar-refractivity contribution in [3.63, 3.8) is 0 Å². The Morgan fingerprint density at radius 1 is 1.33 bits per heavy atom. The van der Waals surface area contributed by atoms with Gasteiger partial charge in [0.05, 0.1) is 5.69 Å². The maximum Gasteiger partial charge on any atom is 0.0618 e. The van der Waals surface area contributed by atoms with Crippen LogP contribution in [0.4, 0.5) is 0 Å². The van der Waals surface area contributed by atoms with Crippen LogP contribution in [0.2, 0.25) is 0 Å². The molecule has 2 N–H and O–H groups in total. The van der Waals surface area contributed by atoms with Crippen LogP contribution in [0.25, 0.3) is 0 Å². The van der Waals surface area contributed by atoms with E-state index in [1.807, 2.05) is 6.20 Å². The molecule has 1 saturated carbocycles. The van der Waals surface area contributed by atoms with Gasteiger partial charge in [-0.05, 0) is 19.3 Å². The minimum absolute atomic E-state index is 0.372. The van der Waals surface area contributed by atoms with Crippen molar-refractivity contribution >= 4 is 0 Å². The second-order valence-electron chi connectivity index (χ2n) is 3.40. The summed E-state index contributed by atoms with van der Waals surface area (Å²) in [6.07, 6.45) is 8.67. The number of hydrogen-bond donors (Lipinski definition) is 1. The highest BCUT2D eigenvalue weighted by molar-refractivity contribution is 5.06. The van der Waals surface area contributed by atoms with Crippen molar-refractivity contribution in [3.05, 3.63) is 24.3 Å². The molecule has 12 heavy (non-hydrogen) atoms. The Kier molecular flexibility index (Phi) is 2.04. The maximum absolute atomic E-state index is 5.81. The van der Waals surface area contributed by atoms with Crippen LogP contribution in [0.5, 0.6) is 0 Å². The second kappa shape index (κ2) is 3.19. The van der Waals surface area contributed by atoms with Crippen LogP contribution in [-0.4, -0.2) is 16.0 Å². The first-order valence-corrected chi connectivity index (χ1v) is 4.38. The molecule has 0 bridgehead atoms. The van der Waals surface area contributed by atoms with Gasteiger partial charge < -0.3 is 5.73 Å². The van der Waals surface area contributed by atoms with Crippen molar-refractivity contribution in [1.29, 1.82) is 0 Å². The molecule has 0 saturated heterocycles. The van der Waals surface area contributed by atoms with E-state index in [-0.39, 0.29) is 0 Å². The fraction of sp³-hybridized carbons (Fsp3) is 0.556. The molecule has 0 spiro atoms. The summed E-state index contributed by atoms with van der Waals surface area (Å²) in [5.74, 6) is 0.550. The maximum atomic E-state index is 5.81. The van der Waals surface area contributed by atoms with Crippen molar-refractivity contribution in [3.8, 4) is 0 Å². The molecule has 1 aromatic rings. The molecule has 2 rings (SSSR count). The molecule has 64 valence electrons. The Bertz CT molecular complexity index is 247. The third kappa shape index (κ3) is 1.46. The molecular weight excluding hydrogens is 150 g/mol. The molecule has 1 aliphatic carbocycles. The largest absolute Gasteiger partial charge is 0.328 e. The first kappa shape index (κ1) is 7.68. The first-order chi connectivity index (χ1) is 5.86. The molecule has 1 aliphatic rings. The van der Waals surface area contributed by atoms with E-state index in [1.54, 1.807) is 12.4 Å². The molecule has 3 nitrogen and oxygen atoms in total. The highest BCUT2D eigenvalue weighted by Crippen LogP contribution is 2.31. The van der Waals surface area contributed by atoms with Crippen molar-refractivity contribution in [2.24, 2.45) is 5.73 Å². The molecule has 2 unspecified atom stereocenters. The van der Waals surface area contributed by atoms with Gasteiger partial charge in [-0.3, -0.25) is 9.97 Å². The molecule has 0 aromatic carbocycles. The van der Waals surface area contributed by atoms with Crippen molar-refractivity contribution in [2.75, 3.05) is 0 Å². The fourth-order valence-electron chi connectivity index (χ4n) is 1.81. The average Bonchev–Trinajstić information content (AvgIpc) is 2.54. The van der Waals surface area contributed by atoms with Gasteiger partial charge in [-0.1, -0.05) is 0 Å². The Balaban J connectivity index is 2.11. The van der Waals surface area contributed by atoms with Crippen LogP contribution in [0.3, 0.4) is 0 Å². The Morgan fingerprint density at radius 3 is 2.83 bits per heavy atom.